The first-order chi connectivity index (χ1) is 9.79. The standard InChI is InChI=1S/C16H16O4/c1-18-12-5-2-4-11(10-12)15(17)13-6-3-7-14-16(13)20-9-8-19-14/h2-7,10,15,17H,8-9H2,1H3. The number of hydrogen-bond acceptors (Lipinski definition) is 4. The highest BCUT2D eigenvalue weighted by Gasteiger charge is 2.21. The van der Waals surface area contributed by atoms with E-state index in [1.165, 1.54) is 0 Å². The van der Waals surface area contributed by atoms with Gasteiger partial charge in [0.1, 0.15) is 25.1 Å². The Bertz CT molecular complexity index is 609. The van der Waals surface area contributed by atoms with Crippen molar-refractivity contribution in [2.24, 2.45) is 0 Å². The van der Waals surface area contributed by atoms with Gasteiger partial charge in [-0.1, -0.05) is 24.3 Å². The van der Waals surface area contributed by atoms with Gasteiger partial charge in [-0.05, 0) is 23.8 Å². The summed E-state index contributed by atoms with van der Waals surface area (Å²) in [5.74, 6) is 2.01. The number of aliphatic hydroxyl groups is 1. The fourth-order valence-electron chi connectivity index (χ4n) is 2.30. The van der Waals surface area contributed by atoms with E-state index < -0.39 is 6.10 Å². The van der Waals surface area contributed by atoms with Crippen LogP contribution in [0.4, 0.5) is 0 Å². The highest BCUT2D eigenvalue weighted by Crippen LogP contribution is 2.39. The van der Waals surface area contributed by atoms with E-state index in [1.807, 2.05) is 42.5 Å². The van der Waals surface area contributed by atoms with Gasteiger partial charge in [0.2, 0.25) is 0 Å². The molecule has 2 aromatic carbocycles. The number of para-hydroxylation sites is 1. The largest absolute Gasteiger partial charge is 0.497 e. The van der Waals surface area contributed by atoms with Crippen LogP contribution in [0.15, 0.2) is 42.5 Å². The molecular weight excluding hydrogens is 256 g/mol. The summed E-state index contributed by atoms with van der Waals surface area (Å²) in [7, 11) is 1.60. The molecule has 1 N–H and O–H groups in total. The molecule has 0 amide bonds. The molecule has 1 aliphatic rings. The molecule has 0 aliphatic carbocycles. The summed E-state index contributed by atoms with van der Waals surface area (Å²) in [5, 5.41) is 10.6. The van der Waals surface area contributed by atoms with Crippen molar-refractivity contribution in [3.63, 3.8) is 0 Å². The number of benzene rings is 2. The molecule has 0 aromatic heterocycles. The lowest BCUT2D eigenvalue weighted by atomic mass is 10.00. The van der Waals surface area contributed by atoms with E-state index in [-0.39, 0.29) is 0 Å². The van der Waals surface area contributed by atoms with Gasteiger partial charge in [-0.3, -0.25) is 0 Å². The van der Waals surface area contributed by atoms with Gasteiger partial charge < -0.3 is 19.3 Å². The zero-order valence-corrected chi connectivity index (χ0v) is 11.2. The van der Waals surface area contributed by atoms with Crippen LogP contribution in [0.5, 0.6) is 17.2 Å². The first-order valence-corrected chi connectivity index (χ1v) is 6.50. The Morgan fingerprint density at radius 3 is 2.75 bits per heavy atom. The van der Waals surface area contributed by atoms with Crippen LogP contribution in [-0.4, -0.2) is 25.4 Å². The van der Waals surface area contributed by atoms with Crippen molar-refractivity contribution in [3.05, 3.63) is 53.6 Å². The van der Waals surface area contributed by atoms with E-state index in [0.29, 0.717) is 36.0 Å². The smallest absolute Gasteiger partial charge is 0.167 e. The van der Waals surface area contributed by atoms with Gasteiger partial charge in [-0.15, -0.1) is 0 Å². The van der Waals surface area contributed by atoms with Gasteiger partial charge in [0.05, 0.1) is 7.11 Å². The maximum Gasteiger partial charge on any atom is 0.167 e. The molecule has 0 saturated heterocycles. The van der Waals surface area contributed by atoms with Crippen molar-refractivity contribution in [2.75, 3.05) is 20.3 Å². The van der Waals surface area contributed by atoms with E-state index in [2.05, 4.69) is 0 Å². The SMILES string of the molecule is COc1cccc(C(O)c2cccc3c2OCCO3)c1. The van der Waals surface area contributed by atoms with Crippen LogP contribution in [0.25, 0.3) is 0 Å². The number of methoxy groups -OCH3 is 1. The van der Waals surface area contributed by atoms with Crippen LogP contribution in [0.3, 0.4) is 0 Å². The molecule has 0 bridgehead atoms. The minimum absolute atomic E-state index is 0.495. The molecule has 1 heterocycles. The highest BCUT2D eigenvalue weighted by molar-refractivity contribution is 5.51. The van der Waals surface area contributed by atoms with Crippen LogP contribution >= 0.6 is 0 Å². The average Bonchev–Trinajstić information content (AvgIpc) is 2.53. The summed E-state index contributed by atoms with van der Waals surface area (Å²) in [6.45, 7) is 1.03. The van der Waals surface area contributed by atoms with Crippen LogP contribution < -0.4 is 14.2 Å². The summed E-state index contributed by atoms with van der Waals surface area (Å²) in [6, 6.07) is 12.9. The average molecular weight is 272 g/mol. The Morgan fingerprint density at radius 2 is 1.90 bits per heavy atom. The summed E-state index contributed by atoms with van der Waals surface area (Å²) >= 11 is 0. The quantitative estimate of drug-likeness (QED) is 0.932. The molecule has 1 aliphatic heterocycles. The van der Waals surface area contributed by atoms with Crippen molar-refractivity contribution in [3.8, 4) is 17.2 Å². The zero-order valence-electron chi connectivity index (χ0n) is 11.2. The number of aliphatic hydroxyl groups excluding tert-OH is 1. The van der Waals surface area contributed by atoms with E-state index >= 15 is 0 Å². The summed E-state index contributed by atoms with van der Waals surface area (Å²) < 4.78 is 16.4. The first kappa shape index (κ1) is 12.8. The van der Waals surface area contributed by atoms with Crippen molar-refractivity contribution in [1.82, 2.24) is 0 Å². The predicted octanol–water partition coefficient (Wildman–Crippen LogP) is 2.55. The molecule has 0 fully saturated rings. The molecular formula is C16H16O4. The summed E-state index contributed by atoms with van der Waals surface area (Å²) in [4.78, 5) is 0. The fraction of sp³-hybridized carbons (Fsp3) is 0.250. The fourth-order valence-corrected chi connectivity index (χ4v) is 2.30. The minimum atomic E-state index is -0.776. The maximum absolute atomic E-state index is 10.6. The van der Waals surface area contributed by atoms with E-state index in [0.717, 1.165) is 5.56 Å². The Balaban J connectivity index is 1.99. The maximum atomic E-state index is 10.6. The summed E-state index contributed by atoms with van der Waals surface area (Å²) in [6.07, 6.45) is -0.776. The molecule has 0 radical (unpaired) electrons. The molecule has 2 aromatic rings. The Labute approximate surface area is 117 Å². The van der Waals surface area contributed by atoms with Crippen molar-refractivity contribution in [2.45, 2.75) is 6.10 Å². The molecule has 104 valence electrons. The van der Waals surface area contributed by atoms with Crippen molar-refractivity contribution >= 4 is 0 Å². The Morgan fingerprint density at radius 1 is 1.10 bits per heavy atom. The molecule has 1 atom stereocenters. The number of fused-ring (bicyclic) bond motifs is 1. The lowest BCUT2D eigenvalue weighted by molar-refractivity contribution is 0.158. The third-order valence-electron chi connectivity index (χ3n) is 3.30. The molecule has 4 nitrogen and oxygen atoms in total. The lowest BCUT2D eigenvalue weighted by Gasteiger charge is -2.23. The van der Waals surface area contributed by atoms with Crippen molar-refractivity contribution in [1.29, 1.82) is 0 Å². The molecule has 3 rings (SSSR count). The second kappa shape index (κ2) is 5.43. The predicted molar refractivity (Wildman–Crippen MR) is 74.5 cm³/mol. The lowest BCUT2D eigenvalue weighted by Crippen LogP contribution is -2.17. The van der Waals surface area contributed by atoms with E-state index in [9.17, 15) is 5.11 Å². The minimum Gasteiger partial charge on any atom is -0.497 e. The number of ether oxygens (including phenoxy) is 3. The number of rotatable bonds is 3. The van der Waals surface area contributed by atoms with Gasteiger partial charge in [-0.2, -0.15) is 0 Å². The zero-order chi connectivity index (χ0) is 13.9. The second-order valence-electron chi connectivity index (χ2n) is 4.55. The van der Waals surface area contributed by atoms with Gasteiger partial charge in [0.25, 0.3) is 0 Å². The van der Waals surface area contributed by atoms with Crippen LogP contribution in [0.1, 0.15) is 17.2 Å². The van der Waals surface area contributed by atoms with Gasteiger partial charge >= 0.3 is 0 Å². The van der Waals surface area contributed by atoms with E-state index in [1.54, 1.807) is 7.11 Å². The molecule has 4 heteroatoms. The molecule has 0 saturated carbocycles. The topological polar surface area (TPSA) is 47.9 Å². The van der Waals surface area contributed by atoms with Gasteiger partial charge in [0, 0.05) is 5.56 Å². The third kappa shape index (κ3) is 2.30. The van der Waals surface area contributed by atoms with Crippen molar-refractivity contribution < 1.29 is 19.3 Å². The van der Waals surface area contributed by atoms with E-state index in [4.69, 9.17) is 14.2 Å². The van der Waals surface area contributed by atoms with Crippen LogP contribution in [0.2, 0.25) is 0 Å². The first-order valence-electron chi connectivity index (χ1n) is 6.50. The van der Waals surface area contributed by atoms with Crippen LogP contribution in [0, 0.1) is 0 Å². The normalized spacial score (nSPS) is 14.7. The molecule has 0 spiro atoms. The third-order valence-corrected chi connectivity index (χ3v) is 3.30. The summed E-state index contributed by atoms with van der Waals surface area (Å²) in [5.41, 5.74) is 1.46. The van der Waals surface area contributed by atoms with Gasteiger partial charge in [0.15, 0.2) is 11.5 Å². The van der Waals surface area contributed by atoms with Gasteiger partial charge in [-0.25, -0.2) is 0 Å². The number of hydrogen-bond donors (Lipinski definition) is 1. The Hall–Kier alpha value is -2.20. The Kier molecular flexibility index (Phi) is 3.48. The molecule has 1 unspecified atom stereocenters. The second-order valence-corrected chi connectivity index (χ2v) is 4.55. The monoisotopic (exact) mass is 272 g/mol. The molecule has 20 heavy (non-hydrogen) atoms. The highest BCUT2D eigenvalue weighted by atomic mass is 16.6. The van der Waals surface area contributed by atoms with Crippen LogP contribution in [-0.2, 0) is 0 Å².